The Hall–Kier alpha value is -3.34. The zero-order valence-electron chi connectivity index (χ0n) is 29.1. The lowest BCUT2D eigenvalue weighted by Crippen LogP contribution is -2.58. The van der Waals surface area contributed by atoms with E-state index in [2.05, 4.69) is 10.6 Å². The van der Waals surface area contributed by atoms with Crippen molar-refractivity contribution in [3.05, 3.63) is 29.8 Å². The molecule has 2 rings (SSSR count). The predicted molar refractivity (Wildman–Crippen MR) is 176 cm³/mol. The van der Waals surface area contributed by atoms with Crippen LogP contribution < -0.4 is 15.4 Å². The van der Waals surface area contributed by atoms with Crippen LogP contribution in [-0.4, -0.2) is 84.5 Å². The van der Waals surface area contributed by atoms with Crippen LogP contribution in [0.5, 0.6) is 5.75 Å². The highest BCUT2D eigenvalue weighted by Crippen LogP contribution is 2.29. The molecule has 1 aliphatic carbocycles. The number of hydrogen-bond acceptors (Lipinski definition) is 8. The number of amides is 3. The van der Waals surface area contributed by atoms with E-state index in [1.54, 1.807) is 54.0 Å². The van der Waals surface area contributed by atoms with Gasteiger partial charge in [-0.05, 0) is 70.1 Å². The van der Waals surface area contributed by atoms with Gasteiger partial charge in [-0.1, -0.05) is 58.1 Å². The van der Waals surface area contributed by atoms with Gasteiger partial charge in [-0.25, -0.2) is 4.79 Å². The molecule has 11 heteroatoms. The number of esters is 1. The van der Waals surface area contributed by atoms with E-state index in [1.165, 1.54) is 4.90 Å². The van der Waals surface area contributed by atoms with Crippen LogP contribution in [0.2, 0.25) is 0 Å². The number of aliphatic hydroxyl groups is 1. The predicted octanol–water partition coefficient (Wildman–Crippen LogP) is 4.77. The largest absolute Gasteiger partial charge is 0.497 e. The number of hydrogen-bond donors (Lipinski definition) is 3. The van der Waals surface area contributed by atoms with Crippen LogP contribution in [0.15, 0.2) is 24.3 Å². The second kappa shape index (κ2) is 18.7. The minimum Gasteiger partial charge on any atom is -0.497 e. The summed E-state index contributed by atoms with van der Waals surface area (Å²) in [5, 5.41) is 16.8. The molecule has 260 valence electrons. The van der Waals surface area contributed by atoms with Crippen molar-refractivity contribution in [2.45, 2.75) is 129 Å². The van der Waals surface area contributed by atoms with Gasteiger partial charge in [0.2, 0.25) is 11.8 Å². The van der Waals surface area contributed by atoms with Crippen molar-refractivity contribution < 1.29 is 38.5 Å². The number of nitrogens with zero attached hydrogens (tertiary/aromatic N) is 1. The van der Waals surface area contributed by atoms with Gasteiger partial charge in [-0.2, -0.15) is 0 Å². The van der Waals surface area contributed by atoms with Crippen LogP contribution in [0.4, 0.5) is 4.79 Å². The van der Waals surface area contributed by atoms with Gasteiger partial charge in [-0.15, -0.1) is 0 Å². The molecule has 11 nitrogen and oxygen atoms in total. The summed E-state index contributed by atoms with van der Waals surface area (Å²) in [6.45, 7) is 11.0. The Morgan fingerprint density at radius 3 is 2.20 bits per heavy atom. The molecule has 46 heavy (non-hydrogen) atoms. The fraction of sp³-hybridized carbons (Fsp3) is 0.714. The number of alkyl carbamates (subject to hydrolysis) is 1. The van der Waals surface area contributed by atoms with E-state index in [9.17, 15) is 24.3 Å². The van der Waals surface area contributed by atoms with E-state index >= 15 is 0 Å². The SMILES string of the molecule is CCOC(=O)C[C@H](O)[C@H](CC1CCCCC1)NC(=O)[C@H](CC(C)C)N(C)C(=O)[C@H](Cc1ccc(OC)cc1)NC(=O)OC(C)(C)C. The third-order valence-electron chi connectivity index (χ3n) is 8.19. The number of benzene rings is 1. The first-order valence-corrected chi connectivity index (χ1v) is 16.7. The van der Waals surface area contributed by atoms with Crippen molar-refractivity contribution in [3.8, 4) is 5.75 Å². The van der Waals surface area contributed by atoms with E-state index in [-0.39, 0.29) is 25.4 Å². The van der Waals surface area contributed by atoms with Gasteiger partial charge in [-0.3, -0.25) is 14.4 Å². The number of carbonyl (C=O) groups is 4. The maximum atomic E-state index is 14.1. The molecule has 0 unspecified atom stereocenters. The highest BCUT2D eigenvalue weighted by Gasteiger charge is 2.36. The summed E-state index contributed by atoms with van der Waals surface area (Å²) in [5.41, 5.74) is 0.00435. The van der Waals surface area contributed by atoms with Gasteiger partial charge in [0.1, 0.15) is 23.4 Å². The van der Waals surface area contributed by atoms with Gasteiger partial charge in [0, 0.05) is 13.5 Å². The van der Waals surface area contributed by atoms with Crippen molar-refractivity contribution in [1.82, 2.24) is 15.5 Å². The van der Waals surface area contributed by atoms with Crippen LogP contribution in [0.3, 0.4) is 0 Å². The average Bonchev–Trinajstić information content (AvgIpc) is 2.98. The Labute approximate surface area is 275 Å². The molecule has 3 N–H and O–H groups in total. The summed E-state index contributed by atoms with van der Waals surface area (Å²) < 4.78 is 15.8. The molecular weight excluding hydrogens is 590 g/mol. The molecule has 0 bridgehead atoms. The van der Waals surface area contributed by atoms with Crippen molar-refractivity contribution >= 4 is 23.9 Å². The number of carbonyl (C=O) groups excluding carboxylic acids is 4. The lowest BCUT2D eigenvalue weighted by atomic mass is 9.83. The quantitative estimate of drug-likeness (QED) is 0.218. The first-order chi connectivity index (χ1) is 21.6. The molecule has 1 aromatic rings. The summed E-state index contributed by atoms with van der Waals surface area (Å²) in [7, 11) is 3.12. The van der Waals surface area contributed by atoms with Crippen LogP contribution >= 0.6 is 0 Å². The fourth-order valence-electron chi connectivity index (χ4n) is 5.84. The minimum absolute atomic E-state index is 0.0473. The van der Waals surface area contributed by atoms with Crippen molar-refractivity contribution in [2.75, 3.05) is 20.8 Å². The normalized spacial score (nSPS) is 16.5. The first kappa shape index (κ1) is 38.8. The first-order valence-electron chi connectivity index (χ1n) is 16.7. The molecule has 0 aromatic heterocycles. The Balaban J connectivity index is 2.34. The van der Waals surface area contributed by atoms with Crippen LogP contribution in [0, 0.1) is 11.8 Å². The van der Waals surface area contributed by atoms with E-state index < -0.39 is 53.7 Å². The maximum absolute atomic E-state index is 14.1. The molecule has 0 spiro atoms. The number of nitrogens with one attached hydrogen (secondary N) is 2. The van der Waals surface area contributed by atoms with E-state index in [1.807, 2.05) is 26.0 Å². The van der Waals surface area contributed by atoms with E-state index in [0.29, 0.717) is 24.5 Å². The number of ether oxygens (including phenoxy) is 3. The second-order valence-electron chi connectivity index (χ2n) is 13.8. The third kappa shape index (κ3) is 13.6. The van der Waals surface area contributed by atoms with Crippen molar-refractivity contribution in [2.24, 2.45) is 11.8 Å². The molecule has 0 radical (unpaired) electrons. The summed E-state index contributed by atoms with van der Waals surface area (Å²) in [5.74, 6) is -0.395. The number of aliphatic hydroxyl groups excluding tert-OH is 1. The Morgan fingerprint density at radius 2 is 1.65 bits per heavy atom. The van der Waals surface area contributed by atoms with Crippen LogP contribution in [0.25, 0.3) is 0 Å². The maximum Gasteiger partial charge on any atom is 0.408 e. The summed E-state index contributed by atoms with van der Waals surface area (Å²) >= 11 is 0. The Morgan fingerprint density at radius 1 is 1.02 bits per heavy atom. The van der Waals surface area contributed by atoms with Gasteiger partial charge >= 0.3 is 12.1 Å². The molecular formula is C35H57N3O8. The second-order valence-corrected chi connectivity index (χ2v) is 13.8. The molecule has 1 aliphatic rings. The van der Waals surface area contributed by atoms with Gasteiger partial charge < -0.3 is 34.9 Å². The van der Waals surface area contributed by atoms with E-state index in [4.69, 9.17) is 14.2 Å². The Kier molecular flexibility index (Phi) is 15.8. The highest BCUT2D eigenvalue weighted by molar-refractivity contribution is 5.91. The molecule has 1 aromatic carbocycles. The average molecular weight is 648 g/mol. The monoisotopic (exact) mass is 647 g/mol. The van der Waals surface area contributed by atoms with Gasteiger partial charge in [0.25, 0.3) is 0 Å². The minimum atomic E-state index is -1.14. The summed E-state index contributed by atoms with van der Waals surface area (Å²) in [6.07, 6.45) is 4.25. The zero-order valence-corrected chi connectivity index (χ0v) is 29.1. The molecule has 4 atom stereocenters. The molecule has 1 fully saturated rings. The van der Waals surface area contributed by atoms with Gasteiger partial charge in [0.15, 0.2) is 0 Å². The Bertz CT molecular complexity index is 1110. The summed E-state index contributed by atoms with van der Waals surface area (Å²) in [4.78, 5) is 54.6. The molecule has 0 heterocycles. The number of rotatable bonds is 16. The number of likely N-dealkylation sites (N-methyl/N-ethyl adjacent to an activating group) is 1. The van der Waals surface area contributed by atoms with Crippen LogP contribution in [0.1, 0.15) is 98.5 Å². The topological polar surface area (TPSA) is 144 Å². The molecule has 0 aliphatic heterocycles. The third-order valence-corrected chi connectivity index (χ3v) is 8.19. The smallest absolute Gasteiger partial charge is 0.408 e. The lowest BCUT2D eigenvalue weighted by molar-refractivity contribution is -0.146. The van der Waals surface area contributed by atoms with Crippen molar-refractivity contribution in [3.63, 3.8) is 0 Å². The van der Waals surface area contributed by atoms with Gasteiger partial charge in [0.05, 0.1) is 32.3 Å². The zero-order chi connectivity index (χ0) is 34.4. The van der Waals surface area contributed by atoms with Crippen LogP contribution in [-0.2, 0) is 30.3 Å². The summed E-state index contributed by atoms with van der Waals surface area (Å²) in [6, 6.07) is 4.57. The number of methoxy groups -OCH3 is 1. The van der Waals surface area contributed by atoms with Crippen molar-refractivity contribution in [1.29, 1.82) is 0 Å². The lowest BCUT2D eigenvalue weighted by Gasteiger charge is -2.35. The molecule has 3 amide bonds. The highest BCUT2D eigenvalue weighted by atomic mass is 16.6. The standard InChI is InChI=1S/C35H57N3O8/c1-9-45-31(40)22-30(39)27(20-24-13-11-10-12-14-24)36-32(41)29(19-23(2)3)38(7)33(42)28(37-34(43)46-35(4,5)6)21-25-15-17-26(44-8)18-16-25/h15-18,23-24,27-30,39H,9-14,19-22H2,1-8H3,(H,36,41)(H,37,43)/t27-,28-,29-,30-/m0/s1. The molecule has 0 saturated heterocycles. The van der Waals surface area contributed by atoms with E-state index in [0.717, 1.165) is 37.7 Å². The fourth-order valence-corrected chi connectivity index (χ4v) is 5.84. The molecule has 1 saturated carbocycles.